The smallest absolute Gasteiger partial charge is 0.274 e. The Morgan fingerprint density at radius 3 is 2.54 bits per heavy atom. The number of hydrogen-bond donors (Lipinski definition) is 2. The Labute approximate surface area is 152 Å². The monoisotopic (exact) mass is 372 g/mol. The second-order valence-electron chi connectivity index (χ2n) is 5.94. The largest absolute Gasteiger partial charge is 0.321 e. The van der Waals surface area contributed by atoms with Crippen molar-refractivity contribution < 1.29 is 13.2 Å². The molecule has 1 aromatic carbocycles. The summed E-state index contributed by atoms with van der Waals surface area (Å²) in [6.45, 7) is 0.649. The van der Waals surface area contributed by atoms with E-state index in [4.69, 9.17) is 0 Å². The third kappa shape index (κ3) is 4.66. The van der Waals surface area contributed by atoms with E-state index in [0.29, 0.717) is 24.5 Å². The Morgan fingerprint density at radius 2 is 1.81 bits per heavy atom. The zero-order chi connectivity index (χ0) is 18.4. The molecule has 0 unspecified atom stereocenters. The van der Waals surface area contributed by atoms with Crippen molar-refractivity contribution in [2.45, 2.75) is 30.6 Å². The molecule has 0 saturated carbocycles. The van der Waals surface area contributed by atoms with Crippen molar-refractivity contribution in [1.29, 1.82) is 0 Å². The molecular weight excluding hydrogens is 352 g/mol. The van der Waals surface area contributed by atoms with Gasteiger partial charge in [0.15, 0.2) is 0 Å². The van der Waals surface area contributed by atoms with Crippen LogP contribution in [-0.2, 0) is 10.0 Å². The first-order valence-electron chi connectivity index (χ1n) is 8.43. The third-order valence-electron chi connectivity index (χ3n) is 3.95. The van der Waals surface area contributed by atoms with E-state index in [-0.39, 0.29) is 16.5 Å². The van der Waals surface area contributed by atoms with Crippen LogP contribution in [-0.4, -0.2) is 31.7 Å². The molecule has 0 bridgehead atoms. The van der Waals surface area contributed by atoms with Gasteiger partial charge in [-0.3, -0.25) is 19.5 Å². The molecule has 1 amide bonds. The maximum atomic E-state index is 12.5. The summed E-state index contributed by atoms with van der Waals surface area (Å²) in [7, 11) is -3.68. The molecule has 8 heteroatoms. The Balaban J connectivity index is 1.68. The van der Waals surface area contributed by atoms with E-state index in [2.05, 4.69) is 20.0 Å². The first kappa shape index (κ1) is 18.1. The quantitative estimate of drug-likeness (QED) is 0.861. The minimum atomic E-state index is -3.68. The van der Waals surface area contributed by atoms with Crippen molar-refractivity contribution in [3.8, 4) is 0 Å². The normalized spacial score (nSPS) is 14.8. The van der Waals surface area contributed by atoms with Gasteiger partial charge in [-0.1, -0.05) is 12.5 Å². The number of sulfonamides is 1. The molecule has 0 atom stereocenters. The SMILES string of the molecule is O=C(Nc1ccc(S(=O)(=O)NC2=NCCCCC2)cc1)c1ccccn1. The zero-order valence-electron chi connectivity index (χ0n) is 14.2. The van der Waals surface area contributed by atoms with Crippen LogP contribution in [0, 0.1) is 0 Å². The number of carbonyl (C=O) groups excluding carboxylic acids is 1. The van der Waals surface area contributed by atoms with Crippen LogP contribution in [0.15, 0.2) is 58.5 Å². The van der Waals surface area contributed by atoms with Gasteiger partial charge >= 0.3 is 0 Å². The van der Waals surface area contributed by atoms with Gasteiger partial charge in [0.2, 0.25) is 0 Å². The summed E-state index contributed by atoms with van der Waals surface area (Å²) in [5.41, 5.74) is 0.781. The second kappa shape index (κ2) is 8.09. The lowest BCUT2D eigenvalue weighted by Gasteiger charge is -2.10. The van der Waals surface area contributed by atoms with E-state index >= 15 is 0 Å². The van der Waals surface area contributed by atoms with Crippen LogP contribution in [0.25, 0.3) is 0 Å². The number of rotatable bonds is 4. The van der Waals surface area contributed by atoms with Crippen LogP contribution in [0.4, 0.5) is 5.69 Å². The number of aliphatic imine (C=N–C) groups is 1. The van der Waals surface area contributed by atoms with Gasteiger partial charge in [-0.2, -0.15) is 0 Å². The van der Waals surface area contributed by atoms with Crippen LogP contribution in [0.1, 0.15) is 36.2 Å². The maximum Gasteiger partial charge on any atom is 0.274 e. The predicted molar refractivity (Wildman–Crippen MR) is 99.7 cm³/mol. The average Bonchev–Trinajstić information content (AvgIpc) is 2.91. The maximum absolute atomic E-state index is 12.5. The number of nitrogens with zero attached hydrogens (tertiary/aromatic N) is 2. The predicted octanol–water partition coefficient (Wildman–Crippen LogP) is 2.58. The Morgan fingerprint density at radius 1 is 1.00 bits per heavy atom. The zero-order valence-corrected chi connectivity index (χ0v) is 15.0. The van der Waals surface area contributed by atoms with E-state index in [1.165, 1.54) is 18.3 Å². The fraction of sp³-hybridized carbons (Fsp3) is 0.278. The highest BCUT2D eigenvalue weighted by Gasteiger charge is 2.17. The number of amides is 1. The molecule has 0 spiro atoms. The van der Waals surface area contributed by atoms with Gasteiger partial charge in [0.25, 0.3) is 15.9 Å². The number of benzene rings is 1. The van der Waals surface area contributed by atoms with E-state index < -0.39 is 10.0 Å². The van der Waals surface area contributed by atoms with Gasteiger partial charge in [-0.05, 0) is 49.2 Å². The summed E-state index contributed by atoms with van der Waals surface area (Å²) in [6, 6.07) is 11.0. The van der Waals surface area contributed by atoms with Gasteiger partial charge in [0.1, 0.15) is 11.5 Å². The van der Waals surface area contributed by atoms with Gasteiger partial charge in [0.05, 0.1) is 4.90 Å². The highest BCUT2D eigenvalue weighted by Crippen LogP contribution is 2.16. The molecule has 2 heterocycles. The molecular formula is C18H20N4O3S. The second-order valence-corrected chi connectivity index (χ2v) is 7.62. The molecule has 0 radical (unpaired) electrons. The molecule has 1 aromatic heterocycles. The summed E-state index contributed by atoms with van der Waals surface area (Å²) in [5.74, 6) is 0.155. The van der Waals surface area contributed by atoms with E-state index in [0.717, 1.165) is 19.3 Å². The van der Waals surface area contributed by atoms with Crippen molar-refractivity contribution in [1.82, 2.24) is 9.71 Å². The van der Waals surface area contributed by atoms with Crippen molar-refractivity contribution >= 4 is 27.5 Å². The van der Waals surface area contributed by atoms with E-state index in [1.807, 2.05) is 0 Å². The standard InChI is InChI=1S/C18H20N4O3S/c23-18(16-6-3-5-12-19-16)21-14-8-10-15(11-9-14)26(24,25)22-17-7-2-1-4-13-20-17/h3,5-6,8-12H,1-2,4,7,13H2,(H,20,22)(H,21,23). The van der Waals surface area contributed by atoms with Crippen molar-refractivity contribution in [3.05, 3.63) is 54.4 Å². The van der Waals surface area contributed by atoms with Gasteiger partial charge < -0.3 is 5.32 Å². The number of carbonyl (C=O) groups is 1. The van der Waals surface area contributed by atoms with Crippen molar-refractivity contribution in [3.63, 3.8) is 0 Å². The molecule has 0 aliphatic carbocycles. The van der Waals surface area contributed by atoms with Crippen LogP contribution < -0.4 is 10.0 Å². The Kier molecular flexibility index (Phi) is 5.62. The van der Waals surface area contributed by atoms with E-state index in [1.54, 1.807) is 30.3 Å². The lowest BCUT2D eigenvalue weighted by molar-refractivity contribution is 0.102. The van der Waals surface area contributed by atoms with Crippen LogP contribution >= 0.6 is 0 Å². The summed E-state index contributed by atoms with van der Waals surface area (Å²) < 4.78 is 27.5. The Bertz CT molecular complexity index is 894. The minimum absolute atomic E-state index is 0.125. The lowest BCUT2D eigenvalue weighted by atomic mass is 10.2. The number of nitrogens with one attached hydrogen (secondary N) is 2. The number of aromatic nitrogens is 1. The molecule has 0 saturated heterocycles. The van der Waals surface area contributed by atoms with Crippen molar-refractivity contribution in [2.24, 2.45) is 4.99 Å². The highest BCUT2D eigenvalue weighted by atomic mass is 32.2. The fourth-order valence-electron chi connectivity index (χ4n) is 2.58. The lowest BCUT2D eigenvalue weighted by Crippen LogP contribution is -2.30. The third-order valence-corrected chi connectivity index (χ3v) is 5.34. The minimum Gasteiger partial charge on any atom is -0.321 e. The Hall–Kier alpha value is -2.74. The average molecular weight is 372 g/mol. The van der Waals surface area contributed by atoms with Gasteiger partial charge in [-0.25, -0.2) is 8.42 Å². The first-order valence-corrected chi connectivity index (χ1v) is 9.91. The molecule has 26 heavy (non-hydrogen) atoms. The molecule has 3 rings (SSSR count). The summed E-state index contributed by atoms with van der Waals surface area (Å²) in [6.07, 6.45) is 5.14. The molecule has 0 fully saturated rings. The molecule has 7 nitrogen and oxygen atoms in total. The fourth-order valence-corrected chi connectivity index (χ4v) is 3.67. The van der Waals surface area contributed by atoms with Gasteiger partial charge in [0, 0.05) is 24.8 Å². The van der Waals surface area contributed by atoms with Crippen LogP contribution in [0.2, 0.25) is 0 Å². The van der Waals surface area contributed by atoms with Gasteiger partial charge in [-0.15, -0.1) is 0 Å². The van der Waals surface area contributed by atoms with Crippen molar-refractivity contribution in [2.75, 3.05) is 11.9 Å². The summed E-state index contributed by atoms with van der Waals surface area (Å²) in [4.78, 5) is 20.5. The number of anilines is 1. The summed E-state index contributed by atoms with van der Waals surface area (Å²) in [5, 5.41) is 2.69. The molecule has 136 valence electrons. The number of amidine groups is 1. The summed E-state index contributed by atoms with van der Waals surface area (Å²) >= 11 is 0. The number of pyridine rings is 1. The molecule has 1 aliphatic heterocycles. The topological polar surface area (TPSA) is 101 Å². The van der Waals surface area contributed by atoms with Crippen LogP contribution in [0.5, 0.6) is 0 Å². The van der Waals surface area contributed by atoms with Crippen LogP contribution in [0.3, 0.4) is 0 Å². The van der Waals surface area contributed by atoms with E-state index in [9.17, 15) is 13.2 Å². The highest BCUT2D eigenvalue weighted by molar-refractivity contribution is 7.90. The number of hydrogen-bond acceptors (Lipinski definition) is 5. The molecule has 2 aromatic rings. The molecule has 1 aliphatic rings. The molecule has 2 N–H and O–H groups in total. The first-order chi connectivity index (χ1) is 12.5.